The predicted molar refractivity (Wildman–Crippen MR) is 78.9 cm³/mol. The van der Waals surface area contributed by atoms with E-state index in [-0.39, 0.29) is 11.3 Å². The lowest BCUT2D eigenvalue weighted by atomic mass is 10.2. The van der Waals surface area contributed by atoms with Crippen molar-refractivity contribution in [1.29, 1.82) is 0 Å². The first-order valence-corrected chi connectivity index (χ1v) is 8.71. The third kappa shape index (κ3) is 4.04. The zero-order valence-electron chi connectivity index (χ0n) is 12.4. The van der Waals surface area contributed by atoms with Gasteiger partial charge in [0.05, 0.1) is 10.9 Å². The van der Waals surface area contributed by atoms with Crippen molar-refractivity contribution in [3.63, 3.8) is 0 Å². The summed E-state index contributed by atoms with van der Waals surface area (Å²) in [6.45, 7) is 8.02. The maximum absolute atomic E-state index is 11.7. The van der Waals surface area contributed by atoms with Crippen molar-refractivity contribution in [2.45, 2.75) is 58.0 Å². The summed E-state index contributed by atoms with van der Waals surface area (Å²) in [6.07, 6.45) is 3.63. The van der Waals surface area contributed by atoms with Crippen LogP contribution in [0.3, 0.4) is 0 Å². The Bertz CT molecular complexity index is 549. The Balaban J connectivity index is 1.77. The summed E-state index contributed by atoms with van der Waals surface area (Å²) in [5, 5.41) is 7.56. The quantitative estimate of drug-likeness (QED) is 0.743. The molecule has 0 aromatic carbocycles. The van der Waals surface area contributed by atoms with E-state index in [4.69, 9.17) is 0 Å². The van der Waals surface area contributed by atoms with Gasteiger partial charge in [0.2, 0.25) is 10.0 Å². The number of hydrogen-bond donors (Lipinski definition) is 2. The first kappa shape index (κ1) is 15.5. The summed E-state index contributed by atoms with van der Waals surface area (Å²) in [5.41, 5.74) is 2.17. The zero-order valence-corrected chi connectivity index (χ0v) is 13.2. The van der Waals surface area contributed by atoms with Crippen molar-refractivity contribution >= 4 is 10.0 Å². The molecule has 1 aliphatic rings. The highest BCUT2D eigenvalue weighted by molar-refractivity contribution is 7.90. The number of nitrogens with zero attached hydrogens (tertiary/aromatic N) is 2. The fourth-order valence-corrected chi connectivity index (χ4v) is 3.46. The molecule has 1 fully saturated rings. The first-order valence-electron chi connectivity index (χ1n) is 7.17. The van der Waals surface area contributed by atoms with Gasteiger partial charge in [0.1, 0.15) is 0 Å². The monoisotopic (exact) mass is 300 g/mol. The summed E-state index contributed by atoms with van der Waals surface area (Å²) in [5.74, 6) is 0. The highest BCUT2D eigenvalue weighted by Gasteiger charge is 2.35. The van der Waals surface area contributed by atoms with Crippen LogP contribution in [0.15, 0.2) is 6.20 Å². The maximum Gasteiger partial charge on any atom is 0.214 e. The number of nitrogens with one attached hydrogen (secondary N) is 2. The van der Waals surface area contributed by atoms with Gasteiger partial charge in [0.25, 0.3) is 0 Å². The van der Waals surface area contributed by atoms with E-state index < -0.39 is 10.0 Å². The Hall–Kier alpha value is -0.920. The second-order valence-electron chi connectivity index (χ2n) is 5.47. The van der Waals surface area contributed by atoms with E-state index in [1.165, 1.54) is 0 Å². The fraction of sp³-hybridized carbons (Fsp3) is 0.769. The molecular formula is C13H24N4O2S. The van der Waals surface area contributed by atoms with Gasteiger partial charge in [-0.3, -0.25) is 4.68 Å². The molecule has 2 N–H and O–H groups in total. The lowest BCUT2D eigenvalue weighted by Crippen LogP contribution is -2.39. The van der Waals surface area contributed by atoms with Crippen LogP contribution in [0.5, 0.6) is 0 Å². The molecule has 0 radical (unpaired) electrons. The second-order valence-corrected chi connectivity index (χ2v) is 7.52. The van der Waals surface area contributed by atoms with E-state index in [9.17, 15) is 8.42 Å². The molecule has 1 heterocycles. The molecule has 20 heavy (non-hydrogen) atoms. The Morgan fingerprint density at radius 3 is 2.75 bits per heavy atom. The standard InChI is InChI=1S/C13H24N4O2S/c1-4-17-9-12(11(3)16-17)8-14-10(2)7-15-20(18,19)13-5-6-13/h9-10,13-15H,4-8H2,1-3H3/t10-/m1/s1. The number of hydrogen-bond acceptors (Lipinski definition) is 4. The van der Waals surface area contributed by atoms with Crippen LogP contribution in [0.2, 0.25) is 0 Å². The molecule has 2 rings (SSSR count). The van der Waals surface area contributed by atoms with Crippen LogP contribution in [-0.4, -0.2) is 36.0 Å². The van der Waals surface area contributed by atoms with Crippen LogP contribution in [0, 0.1) is 6.92 Å². The number of aryl methyl sites for hydroxylation is 2. The van der Waals surface area contributed by atoms with Crippen LogP contribution in [0.25, 0.3) is 0 Å². The maximum atomic E-state index is 11.7. The van der Waals surface area contributed by atoms with Gasteiger partial charge < -0.3 is 5.32 Å². The molecule has 0 aliphatic heterocycles. The van der Waals surface area contributed by atoms with E-state index in [0.717, 1.165) is 30.6 Å². The van der Waals surface area contributed by atoms with E-state index in [1.807, 2.05) is 24.7 Å². The first-order chi connectivity index (χ1) is 9.42. The molecule has 1 aromatic rings. The van der Waals surface area contributed by atoms with Crippen LogP contribution in [-0.2, 0) is 23.1 Å². The SMILES string of the molecule is CCn1cc(CN[C@H](C)CNS(=O)(=O)C2CC2)c(C)n1. The van der Waals surface area contributed by atoms with Gasteiger partial charge in [0, 0.05) is 37.4 Å². The van der Waals surface area contributed by atoms with Gasteiger partial charge in [-0.2, -0.15) is 5.10 Å². The normalized spacial score (nSPS) is 17.4. The summed E-state index contributed by atoms with van der Waals surface area (Å²) in [6, 6.07) is 0.0906. The minimum absolute atomic E-state index is 0.0906. The topological polar surface area (TPSA) is 76.0 Å². The van der Waals surface area contributed by atoms with E-state index in [1.54, 1.807) is 0 Å². The van der Waals surface area contributed by atoms with Crippen LogP contribution < -0.4 is 10.0 Å². The second kappa shape index (κ2) is 6.24. The van der Waals surface area contributed by atoms with E-state index in [2.05, 4.69) is 22.1 Å². The number of rotatable bonds is 8. The molecular weight excluding hydrogens is 276 g/mol. The Morgan fingerprint density at radius 1 is 1.50 bits per heavy atom. The fourth-order valence-electron chi connectivity index (χ4n) is 1.99. The summed E-state index contributed by atoms with van der Waals surface area (Å²) in [4.78, 5) is 0. The van der Waals surface area contributed by atoms with Crippen LogP contribution in [0.1, 0.15) is 37.9 Å². The van der Waals surface area contributed by atoms with Crippen LogP contribution >= 0.6 is 0 Å². The minimum Gasteiger partial charge on any atom is -0.309 e. The number of sulfonamides is 1. The smallest absolute Gasteiger partial charge is 0.214 e. The van der Waals surface area contributed by atoms with Gasteiger partial charge in [0.15, 0.2) is 0 Å². The number of aromatic nitrogens is 2. The summed E-state index contributed by atoms with van der Waals surface area (Å²) in [7, 11) is -3.08. The van der Waals surface area contributed by atoms with Gasteiger partial charge >= 0.3 is 0 Å². The summed E-state index contributed by atoms with van der Waals surface area (Å²) >= 11 is 0. The van der Waals surface area contributed by atoms with Gasteiger partial charge in [-0.25, -0.2) is 13.1 Å². The molecule has 0 spiro atoms. The molecule has 7 heteroatoms. The average Bonchev–Trinajstić information content (AvgIpc) is 3.20. The van der Waals surface area contributed by atoms with Crippen molar-refractivity contribution in [3.8, 4) is 0 Å². The lowest BCUT2D eigenvalue weighted by molar-refractivity contribution is 0.523. The molecule has 6 nitrogen and oxygen atoms in total. The van der Waals surface area contributed by atoms with Crippen molar-refractivity contribution in [2.75, 3.05) is 6.54 Å². The zero-order chi connectivity index (χ0) is 14.8. The van der Waals surface area contributed by atoms with Crippen LogP contribution in [0.4, 0.5) is 0 Å². The van der Waals surface area contributed by atoms with Crippen molar-refractivity contribution in [1.82, 2.24) is 19.8 Å². The van der Waals surface area contributed by atoms with Crippen molar-refractivity contribution in [3.05, 3.63) is 17.5 Å². The van der Waals surface area contributed by atoms with Gasteiger partial charge in [-0.15, -0.1) is 0 Å². The van der Waals surface area contributed by atoms with Crippen molar-refractivity contribution in [2.24, 2.45) is 0 Å². The largest absolute Gasteiger partial charge is 0.309 e. The molecule has 0 amide bonds. The molecule has 114 valence electrons. The third-order valence-electron chi connectivity index (χ3n) is 3.57. The Labute approximate surface area is 121 Å². The van der Waals surface area contributed by atoms with Crippen molar-refractivity contribution < 1.29 is 8.42 Å². The lowest BCUT2D eigenvalue weighted by Gasteiger charge is -2.14. The average molecular weight is 300 g/mol. The Kier molecular flexibility index (Phi) is 4.82. The van der Waals surface area contributed by atoms with Gasteiger partial charge in [-0.1, -0.05) is 0 Å². The highest BCUT2D eigenvalue weighted by atomic mass is 32.2. The Morgan fingerprint density at radius 2 is 2.20 bits per heavy atom. The molecule has 1 aromatic heterocycles. The molecule has 1 atom stereocenters. The molecule has 1 aliphatic carbocycles. The molecule has 0 bridgehead atoms. The summed E-state index contributed by atoms with van der Waals surface area (Å²) < 4.78 is 28.0. The molecule has 0 saturated heterocycles. The van der Waals surface area contributed by atoms with E-state index >= 15 is 0 Å². The molecule has 1 saturated carbocycles. The molecule has 0 unspecified atom stereocenters. The van der Waals surface area contributed by atoms with E-state index in [0.29, 0.717) is 13.1 Å². The minimum atomic E-state index is -3.08. The predicted octanol–water partition coefficient (Wildman–Crippen LogP) is 0.771. The van der Waals surface area contributed by atoms with Gasteiger partial charge in [-0.05, 0) is 33.6 Å². The third-order valence-corrected chi connectivity index (χ3v) is 5.49. The highest BCUT2D eigenvalue weighted by Crippen LogP contribution is 2.27.